The van der Waals surface area contributed by atoms with Crippen LogP contribution in [0.5, 0.6) is 5.75 Å². The average molecular weight is 267 g/mol. The zero-order valence-corrected chi connectivity index (χ0v) is 10.7. The number of fused-ring (bicyclic) bond motifs is 1. The van der Waals surface area contributed by atoms with Crippen molar-refractivity contribution in [3.05, 3.63) is 64.3 Å². The Hall–Kier alpha value is -2.59. The van der Waals surface area contributed by atoms with Gasteiger partial charge in [0.15, 0.2) is 5.76 Å². The summed E-state index contributed by atoms with van der Waals surface area (Å²) in [7, 11) is 0. The van der Waals surface area contributed by atoms with Crippen LogP contribution in [0.3, 0.4) is 0 Å². The lowest BCUT2D eigenvalue weighted by atomic mass is 10.1. The third kappa shape index (κ3) is 1.87. The summed E-state index contributed by atoms with van der Waals surface area (Å²) in [5, 5.41) is 10.5. The van der Waals surface area contributed by atoms with Crippen molar-refractivity contribution in [3.8, 4) is 17.1 Å². The van der Waals surface area contributed by atoms with Crippen molar-refractivity contribution in [1.29, 1.82) is 0 Å². The molecular formula is C16H13NO3. The van der Waals surface area contributed by atoms with E-state index in [1.807, 2.05) is 18.2 Å². The molecule has 0 bridgehead atoms. The molecule has 0 fully saturated rings. The van der Waals surface area contributed by atoms with Crippen LogP contribution in [-0.4, -0.2) is 5.11 Å². The highest BCUT2D eigenvalue weighted by Gasteiger charge is 2.16. The molecule has 0 unspecified atom stereocenters. The van der Waals surface area contributed by atoms with E-state index in [4.69, 9.17) is 10.2 Å². The Bertz CT molecular complexity index is 822. The molecule has 4 heteroatoms. The number of aromatic hydroxyl groups is 1. The molecule has 1 aromatic heterocycles. The summed E-state index contributed by atoms with van der Waals surface area (Å²) < 4.78 is 5.70. The number of rotatable bonds is 2. The van der Waals surface area contributed by atoms with Gasteiger partial charge in [-0.3, -0.25) is 4.79 Å². The Kier molecular flexibility index (Phi) is 3.00. The molecule has 2 aromatic carbocycles. The topological polar surface area (TPSA) is 76.5 Å². The lowest BCUT2D eigenvalue weighted by Crippen LogP contribution is -2.08. The maximum atomic E-state index is 12.3. The Morgan fingerprint density at radius 1 is 1.05 bits per heavy atom. The summed E-state index contributed by atoms with van der Waals surface area (Å²) in [6.07, 6.45) is 0. The van der Waals surface area contributed by atoms with Gasteiger partial charge in [0.1, 0.15) is 5.58 Å². The first kappa shape index (κ1) is 12.4. The van der Waals surface area contributed by atoms with Crippen molar-refractivity contribution >= 4 is 11.0 Å². The van der Waals surface area contributed by atoms with E-state index in [1.165, 1.54) is 0 Å². The van der Waals surface area contributed by atoms with Gasteiger partial charge >= 0.3 is 0 Å². The van der Waals surface area contributed by atoms with Crippen molar-refractivity contribution in [2.75, 3.05) is 0 Å². The first-order valence-electron chi connectivity index (χ1n) is 6.25. The Morgan fingerprint density at radius 3 is 2.50 bits per heavy atom. The van der Waals surface area contributed by atoms with E-state index < -0.39 is 5.43 Å². The third-order valence-corrected chi connectivity index (χ3v) is 3.24. The maximum absolute atomic E-state index is 12.3. The maximum Gasteiger partial charge on any atom is 0.235 e. The Labute approximate surface area is 115 Å². The molecule has 0 saturated heterocycles. The SMILES string of the molecule is NCc1cccc2oc(-c3ccccc3)c(O)c(=O)c12. The molecule has 0 atom stereocenters. The van der Waals surface area contributed by atoms with Crippen LogP contribution in [0.2, 0.25) is 0 Å². The zero-order chi connectivity index (χ0) is 14.1. The van der Waals surface area contributed by atoms with E-state index in [1.54, 1.807) is 30.3 Å². The van der Waals surface area contributed by atoms with E-state index in [9.17, 15) is 9.90 Å². The summed E-state index contributed by atoms with van der Waals surface area (Å²) in [5.74, 6) is -0.207. The normalized spacial score (nSPS) is 10.8. The van der Waals surface area contributed by atoms with Crippen LogP contribution >= 0.6 is 0 Å². The Morgan fingerprint density at radius 2 is 1.80 bits per heavy atom. The predicted molar refractivity (Wildman–Crippen MR) is 77.5 cm³/mol. The molecular weight excluding hydrogens is 254 g/mol. The van der Waals surface area contributed by atoms with Gasteiger partial charge in [-0.2, -0.15) is 0 Å². The summed E-state index contributed by atoms with van der Waals surface area (Å²) >= 11 is 0. The van der Waals surface area contributed by atoms with E-state index in [0.29, 0.717) is 22.1 Å². The summed E-state index contributed by atoms with van der Waals surface area (Å²) in [6.45, 7) is 0.215. The van der Waals surface area contributed by atoms with Crippen molar-refractivity contribution in [1.82, 2.24) is 0 Å². The van der Waals surface area contributed by atoms with Crippen molar-refractivity contribution < 1.29 is 9.52 Å². The predicted octanol–water partition coefficient (Wildman–Crippen LogP) is 2.62. The van der Waals surface area contributed by atoms with Gasteiger partial charge in [-0.15, -0.1) is 0 Å². The van der Waals surface area contributed by atoms with Gasteiger partial charge in [0, 0.05) is 12.1 Å². The lowest BCUT2D eigenvalue weighted by Gasteiger charge is -2.08. The molecule has 0 amide bonds. The van der Waals surface area contributed by atoms with Gasteiger partial charge in [-0.25, -0.2) is 0 Å². The molecule has 0 aliphatic heterocycles. The third-order valence-electron chi connectivity index (χ3n) is 3.24. The molecule has 0 aliphatic carbocycles. The molecule has 3 rings (SSSR count). The van der Waals surface area contributed by atoms with Crippen molar-refractivity contribution in [2.45, 2.75) is 6.54 Å². The van der Waals surface area contributed by atoms with Crippen LogP contribution in [0.25, 0.3) is 22.3 Å². The average Bonchev–Trinajstić information content (AvgIpc) is 2.51. The van der Waals surface area contributed by atoms with Gasteiger partial charge in [0.05, 0.1) is 5.39 Å². The quantitative estimate of drug-likeness (QED) is 0.748. The van der Waals surface area contributed by atoms with Crippen LogP contribution in [0.15, 0.2) is 57.7 Å². The number of nitrogens with two attached hydrogens (primary N) is 1. The fourth-order valence-corrected chi connectivity index (χ4v) is 2.25. The van der Waals surface area contributed by atoms with Crippen LogP contribution in [0, 0.1) is 0 Å². The first-order chi connectivity index (χ1) is 9.72. The summed E-state index contributed by atoms with van der Waals surface area (Å²) in [6, 6.07) is 14.3. The standard InChI is InChI=1S/C16H13NO3/c17-9-11-7-4-8-12-13(11)14(18)15(19)16(20-12)10-5-2-1-3-6-10/h1-8,19H,9,17H2. The molecule has 0 saturated carbocycles. The minimum Gasteiger partial charge on any atom is -0.502 e. The van der Waals surface area contributed by atoms with Crippen LogP contribution < -0.4 is 11.2 Å². The molecule has 0 aliphatic rings. The molecule has 0 spiro atoms. The fraction of sp³-hybridized carbons (Fsp3) is 0.0625. The molecule has 1 heterocycles. The highest BCUT2D eigenvalue weighted by atomic mass is 16.4. The molecule has 4 nitrogen and oxygen atoms in total. The first-order valence-corrected chi connectivity index (χ1v) is 6.25. The van der Waals surface area contributed by atoms with Crippen molar-refractivity contribution in [3.63, 3.8) is 0 Å². The number of hydrogen-bond donors (Lipinski definition) is 2. The second-order valence-electron chi connectivity index (χ2n) is 4.47. The highest BCUT2D eigenvalue weighted by molar-refractivity contribution is 5.84. The lowest BCUT2D eigenvalue weighted by molar-refractivity contribution is 0.449. The largest absolute Gasteiger partial charge is 0.502 e. The highest BCUT2D eigenvalue weighted by Crippen LogP contribution is 2.30. The minimum absolute atomic E-state index is 0.178. The van der Waals surface area contributed by atoms with Crippen LogP contribution in [0.4, 0.5) is 0 Å². The minimum atomic E-state index is -0.453. The second kappa shape index (κ2) is 4.83. The molecule has 100 valence electrons. The van der Waals surface area contributed by atoms with Gasteiger partial charge in [0.25, 0.3) is 0 Å². The van der Waals surface area contributed by atoms with E-state index in [2.05, 4.69) is 0 Å². The molecule has 3 aromatic rings. The van der Waals surface area contributed by atoms with Crippen LogP contribution in [0.1, 0.15) is 5.56 Å². The van der Waals surface area contributed by atoms with E-state index in [-0.39, 0.29) is 18.1 Å². The van der Waals surface area contributed by atoms with Gasteiger partial charge in [-0.1, -0.05) is 42.5 Å². The van der Waals surface area contributed by atoms with Gasteiger partial charge < -0.3 is 15.3 Å². The monoisotopic (exact) mass is 267 g/mol. The zero-order valence-electron chi connectivity index (χ0n) is 10.7. The smallest absolute Gasteiger partial charge is 0.235 e. The second-order valence-corrected chi connectivity index (χ2v) is 4.47. The van der Waals surface area contributed by atoms with Gasteiger partial charge in [-0.05, 0) is 11.6 Å². The Balaban J connectivity index is 2.38. The summed E-state index contributed by atoms with van der Waals surface area (Å²) in [5.41, 5.74) is 6.91. The van der Waals surface area contributed by atoms with Gasteiger partial charge in [0.2, 0.25) is 11.2 Å². The number of benzene rings is 2. The van der Waals surface area contributed by atoms with Crippen LogP contribution in [-0.2, 0) is 6.54 Å². The van der Waals surface area contributed by atoms with Crippen molar-refractivity contribution in [2.24, 2.45) is 5.73 Å². The molecule has 0 radical (unpaired) electrons. The fourth-order valence-electron chi connectivity index (χ4n) is 2.25. The van der Waals surface area contributed by atoms with E-state index in [0.717, 1.165) is 0 Å². The van der Waals surface area contributed by atoms with E-state index >= 15 is 0 Å². The molecule has 20 heavy (non-hydrogen) atoms. The molecule has 3 N–H and O–H groups in total. The summed E-state index contributed by atoms with van der Waals surface area (Å²) in [4.78, 5) is 12.3. The number of hydrogen-bond acceptors (Lipinski definition) is 4.